The molecule has 1 aliphatic heterocycles. The standard InChI is InChI=1S/C21H26Cl2N4O2/c1-14-13-24-29-20(14)21(28)25-16-11-15(12-16)5-6-26-7-9-27(10-8-26)18-4-2-3-17(22)19(18)23/h2-4,13,15-16H,5-12H2,1H3,(H,25,28)/t15-,16+. The van der Waals surface area contributed by atoms with Gasteiger partial charge in [-0.05, 0) is 50.8 Å². The minimum atomic E-state index is -0.153. The summed E-state index contributed by atoms with van der Waals surface area (Å²) in [6.45, 7) is 6.90. The van der Waals surface area contributed by atoms with Crippen molar-refractivity contribution in [2.24, 2.45) is 5.92 Å². The van der Waals surface area contributed by atoms with E-state index in [1.54, 1.807) is 6.20 Å². The number of halogens is 2. The lowest BCUT2D eigenvalue weighted by molar-refractivity contribution is 0.0840. The number of aryl methyl sites for hydroxylation is 1. The third-order valence-electron chi connectivity index (χ3n) is 6.02. The van der Waals surface area contributed by atoms with Crippen LogP contribution in [0.1, 0.15) is 35.4 Å². The average Bonchev–Trinajstić information content (AvgIpc) is 3.12. The van der Waals surface area contributed by atoms with E-state index >= 15 is 0 Å². The maximum Gasteiger partial charge on any atom is 0.290 e. The molecule has 0 spiro atoms. The Balaban J connectivity index is 1.15. The fourth-order valence-electron chi connectivity index (χ4n) is 4.16. The van der Waals surface area contributed by atoms with Crippen molar-refractivity contribution in [2.75, 3.05) is 37.6 Å². The molecule has 4 rings (SSSR count). The van der Waals surface area contributed by atoms with Crippen LogP contribution in [0.4, 0.5) is 5.69 Å². The number of benzene rings is 1. The molecule has 0 bridgehead atoms. The summed E-state index contributed by atoms with van der Waals surface area (Å²) in [4.78, 5) is 17.0. The summed E-state index contributed by atoms with van der Waals surface area (Å²) in [5.41, 5.74) is 1.80. The number of amides is 1. The van der Waals surface area contributed by atoms with E-state index < -0.39 is 0 Å². The fourth-order valence-corrected chi connectivity index (χ4v) is 4.58. The Bertz CT molecular complexity index is 858. The molecule has 2 aliphatic rings. The molecule has 0 atom stereocenters. The van der Waals surface area contributed by atoms with Crippen LogP contribution in [0, 0.1) is 12.8 Å². The Morgan fingerprint density at radius 2 is 2.00 bits per heavy atom. The Labute approximate surface area is 181 Å². The van der Waals surface area contributed by atoms with Gasteiger partial charge in [0.05, 0.1) is 21.9 Å². The minimum absolute atomic E-state index is 0.153. The molecule has 1 aliphatic carbocycles. The first-order valence-corrected chi connectivity index (χ1v) is 10.9. The number of piperazine rings is 1. The number of aromatic nitrogens is 1. The van der Waals surface area contributed by atoms with Crippen molar-refractivity contribution in [3.63, 3.8) is 0 Å². The summed E-state index contributed by atoms with van der Waals surface area (Å²) < 4.78 is 5.02. The zero-order valence-electron chi connectivity index (χ0n) is 16.5. The van der Waals surface area contributed by atoms with E-state index in [1.807, 2.05) is 25.1 Å². The topological polar surface area (TPSA) is 61.6 Å². The first kappa shape index (κ1) is 20.5. The van der Waals surface area contributed by atoms with Gasteiger partial charge in [-0.25, -0.2) is 0 Å². The zero-order chi connectivity index (χ0) is 20.4. The highest BCUT2D eigenvalue weighted by Gasteiger charge is 2.32. The number of rotatable bonds is 6. The normalized spacial score (nSPS) is 22.4. The molecule has 2 heterocycles. The van der Waals surface area contributed by atoms with Gasteiger partial charge in [0.25, 0.3) is 5.91 Å². The predicted molar refractivity (Wildman–Crippen MR) is 115 cm³/mol. The first-order valence-electron chi connectivity index (χ1n) is 10.1. The van der Waals surface area contributed by atoms with Crippen molar-refractivity contribution in [3.05, 3.63) is 45.8 Å². The lowest BCUT2D eigenvalue weighted by Crippen LogP contribution is -2.48. The monoisotopic (exact) mass is 436 g/mol. The maximum atomic E-state index is 12.2. The van der Waals surface area contributed by atoms with E-state index in [0.717, 1.165) is 56.8 Å². The SMILES string of the molecule is Cc1cnoc1C(=O)N[C@H]1C[C@@H](CCN2CCN(c3cccc(Cl)c3Cl)CC2)C1. The molecule has 0 unspecified atom stereocenters. The molecule has 2 aromatic rings. The molecule has 0 radical (unpaired) electrons. The van der Waals surface area contributed by atoms with E-state index in [9.17, 15) is 4.79 Å². The second-order valence-corrected chi connectivity index (χ2v) is 8.82. The number of carbonyl (C=O) groups is 1. The molecule has 156 valence electrons. The van der Waals surface area contributed by atoms with E-state index in [0.29, 0.717) is 21.7 Å². The van der Waals surface area contributed by atoms with Crippen LogP contribution in [0.15, 0.2) is 28.9 Å². The summed E-state index contributed by atoms with van der Waals surface area (Å²) in [5.74, 6) is 0.849. The number of carbonyl (C=O) groups excluding carboxylic acids is 1. The molecule has 1 aromatic heterocycles. The van der Waals surface area contributed by atoms with Gasteiger partial charge >= 0.3 is 0 Å². The van der Waals surface area contributed by atoms with Gasteiger partial charge < -0.3 is 14.7 Å². The third kappa shape index (κ3) is 4.71. The molecular formula is C21H26Cl2N4O2. The van der Waals surface area contributed by atoms with Crippen LogP contribution < -0.4 is 10.2 Å². The molecule has 1 saturated carbocycles. The van der Waals surface area contributed by atoms with Crippen molar-refractivity contribution in [2.45, 2.75) is 32.2 Å². The van der Waals surface area contributed by atoms with Gasteiger partial charge in [-0.1, -0.05) is 34.4 Å². The van der Waals surface area contributed by atoms with Crippen LogP contribution >= 0.6 is 23.2 Å². The molecule has 1 aromatic carbocycles. The summed E-state index contributed by atoms with van der Waals surface area (Å²) in [6.07, 6.45) is 4.82. The highest BCUT2D eigenvalue weighted by Crippen LogP contribution is 2.33. The lowest BCUT2D eigenvalue weighted by Gasteiger charge is -2.39. The largest absolute Gasteiger partial charge is 0.368 e. The van der Waals surface area contributed by atoms with Crippen LogP contribution in [0.5, 0.6) is 0 Å². The van der Waals surface area contributed by atoms with E-state index in [4.69, 9.17) is 27.7 Å². The maximum absolute atomic E-state index is 12.2. The highest BCUT2D eigenvalue weighted by atomic mass is 35.5. The van der Waals surface area contributed by atoms with Crippen molar-refractivity contribution in [1.82, 2.24) is 15.4 Å². The van der Waals surface area contributed by atoms with Gasteiger partial charge in [0.2, 0.25) is 5.76 Å². The quantitative estimate of drug-likeness (QED) is 0.740. The summed E-state index contributed by atoms with van der Waals surface area (Å²) in [6, 6.07) is 6.06. The number of anilines is 1. The Morgan fingerprint density at radius 1 is 1.24 bits per heavy atom. The Kier molecular flexibility index (Phi) is 6.32. The van der Waals surface area contributed by atoms with E-state index in [-0.39, 0.29) is 11.9 Å². The smallest absolute Gasteiger partial charge is 0.290 e. The molecule has 1 N–H and O–H groups in total. The van der Waals surface area contributed by atoms with Crippen LogP contribution in [-0.4, -0.2) is 54.7 Å². The van der Waals surface area contributed by atoms with Crippen molar-refractivity contribution in [1.29, 1.82) is 0 Å². The number of hydrogen-bond acceptors (Lipinski definition) is 5. The van der Waals surface area contributed by atoms with Crippen LogP contribution in [0.3, 0.4) is 0 Å². The fraction of sp³-hybridized carbons (Fsp3) is 0.524. The van der Waals surface area contributed by atoms with Crippen LogP contribution in [0.25, 0.3) is 0 Å². The average molecular weight is 437 g/mol. The summed E-state index contributed by atoms with van der Waals surface area (Å²) >= 11 is 12.5. The van der Waals surface area contributed by atoms with Crippen molar-refractivity contribution >= 4 is 34.8 Å². The molecule has 1 amide bonds. The lowest BCUT2D eigenvalue weighted by atomic mass is 9.78. The Hall–Kier alpha value is -1.76. The van der Waals surface area contributed by atoms with Crippen molar-refractivity contribution in [3.8, 4) is 0 Å². The van der Waals surface area contributed by atoms with Gasteiger partial charge in [-0.3, -0.25) is 9.69 Å². The number of nitrogens with one attached hydrogen (secondary N) is 1. The number of hydrogen-bond donors (Lipinski definition) is 1. The second kappa shape index (κ2) is 8.94. The van der Waals surface area contributed by atoms with Crippen LogP contribution in [0.2, 0.25) is 10.0 Å². The predicted octanol–water partition coefficient (Wildman–Crippen LogP) is 4.01. The molecule has 6 nitrogen and oxygen atoms in total. The molecule has 29 heavy (non-hydrogen) atoms. The van der Waals surface area contributed by atoms with Crippen LogP contribution in [-0.2, 0) is 0 Å². The molecule has 8 heteroatoms. The third-order valence-corrected chi connectivity index (χ3v) is 6.83. The van der Waals surface area contributed by atoms with E-state index in [1.165, 1.54) is 6.42 Å². The minimum Gasteiger partial charge on any atom is -0.368 e. The van der Waals surface area contributed by atoms with Gasteiger partial charge in [0.1, 0.15) is 0 Å². The van der Waals surface area contributed by atoms with Gasteiger partial charge in [0, 0.05) is 37.8 Å². The summed E-state index contributed by atoms with van der Waals surface area (Å²) in [7, 11) is 0. The molecular weight excluding hydrogens is 411 g/mol. The van der Waals surface area contributed by atoms with Crippen molar-refractivity contribution < 1.29 is 9.32 Å². The molecule has 1 saturated heterocycles. The second-order valence-electron chi connectivity index (χ2n) is 8.04. The van der Waals surface area contributed by atoms with Gasteiger partial charge in [-0.2, -0.15) is 0 Å². The van der Waals surface area contributed by atoms with E-state index in [2.05, 4.69) is 20.3 Å². The summed E-state index contributed by atoms with van der Waals surface area (Å²) in [5, 5.41) is 7.96. The zero-order valence-corrected chi connectivity index (χ0v) is 18.0. The first-order chi connectivity index (χ1) is 14.0. The number of nitrogens with zero attached hydrogens (tertiary/aromatic N) is 3. The molecule has 2 fully saturated rings. The Morgan fingerprint density at radius 3 is 2.69 bits per heavy atom. The van der Waals surface area contributed by atoms with Gasteiger partial charge in [-0.15, -0.1) is 0 Å². The highest BCUT2D eigenvalue weighted by molar-refractivity contribution is 6.43. The van der Waals surface area contributed by atoms with Gasteiger partial charge in [0.15, 0.2) is 0 Å².